The Morgan fingerprint density at radius 3 is 2.17 bits per heavy atom. The minimum absolute atomic E-state index is 0.0100. The van der Waals surface area contributed by atoms with Gasteiger partial charge in [-0.15, -0.1) is 0 Å². The Labute approximate surface area is 480 Å². The van der Waals surface area contributed by atoms with Crippen LogP contribution in [-0.4, -0.2) is 158 Å². The number of aryl methyl sites for hydroxylation is 1. The molecular weight excluding hydrogens is 1070 g/mol. The second-order valence-electron chi connectivity index (χ2n) is 19.8. The molecule has 83 heavy (non-hydrogen) atoms. The number of hydrogen-bond acceptors (Lipinski definition) is 18. The highest BCUT2D eigenvalue weighted by Crippen LogP contribution is 2.27. The van der Waals surface area contributed by atoms with Crippen molar-refractivity contribution in [1.29, 1.82) is 0 Å². The van der Waals surface area contributed by atoms with Gasteiger partial charge in [-0.3, -0.25) is 43.4 Å². The Balaban J connectivity index is 0.872. The fourth-order valence-corrected chi connectivity index (χ4v) is 8.73. The molecule has 1 saturated heterocycles. The number of carbonyl (C=O) groups excluding carboxylic acids is 9. The fraction of sp³-hybridized carbons (Fsp3) is 0.439. The molecule has 26 nitrogen and oxygen atoms in total. The number of pyridine rings is 1. The molecule has 4 aromatic rings. The van der Waals surface area contributed by atoms with Gasteiger partial charge in [-0.25, -0.2) is 19.6 Å². The van der Waals surface area contributed by atoms with Crippen molar-refractivity contribution >= 4 is 76.2 Å². The number of nitrogens with one attached hydrogen (secondary N) is 6. The smallest absolute Gasteiger partial charge is 0.407 e. The van der Waals surface area contributed by atoms with Crippen molar-refractivity contribution in [3.05, 3.63) is 102 Å². The number of ether oxygens (including phenoxy) is 4. The Hall–Kier alpha value is -8.88. The van der Waals surface area contributed by atoms with Crippen molar-refractivity contribution in [1.82, 2.24) is 41.1 Å². The number of primary amides is 1. The van der Waals surface area contributed by atoms with Gasteiger partial charge in [0, 0.05) is 94.0 Å². The van der Waals surface area contributed by atoms with Crippen molar-refractivity contribution < 1.29 is 62.1 Å². The molecule has 2 aliphatic rings. The molecule has 9 amide bonds. The van der Waals surface area contributed by atoms with Crippen molar-refractivity contribution in [3.63, 3.8) is 0 Å². The third-order valence-corrected chi connectivity index (χ3v) is 13.2. The van der Waals surface area contributed by atoms with Gasteiger partial charge in [0.25, 0.3) is 17.7 Å². The summed E-state index contributed by atoms with van der Waals surface area (Å²) in [5, 5.41) is 16.4. The van der Waals surface area contributed by atoms with Gasteiger partial charge < -0.3 is 67.2 Å². The molecule has 2 aliphatic heterocycles. The van der Waals surface area contributed by atoms with Crippen molar-refractivity contribution in [3.8, 4) is 11.3 Å². The monoisotopic (exact) mass is 1150 g/mol. The van der Waals surface area contributed by atoms with E-state index in [0.717, 1.165) is 33.9 Å². The van der Waals surface area contributed by atoms with Crippen LogP contribution in [0.1, 0.15) is 74.0 Å². The molecule has 4 heterocycles. The summed E-state index contributed by atoms with van der Waals surface area (Å²) in [4.78, 5) is 129. The van der Waals surface area contributed by atoms with Crippen LogP contribution in [0.5, 0.6) is 0 Å². The molecule has 1 fully saturated rings. The third kappa shape index (κ3) is 21.2. The zero-order valence-electron chi connectivity index (χ0n) is 46.7. The van der Waals surface area contributed by atoms with Crippen LogP contribution >= 0.6 is 0 Å². The molecule has 0 bridgehead atoms. The Bertz CT molecular complexity index is 2880. The van der Waals surface area contributed by atoms with E-state index >= 15 is 0 Å². The number of ketones is 1. The number of Topliss-reactive ketones (excluding diaryl/α,β-unsaturated/α-hetero) is 1. The van der Waals surface area contributed by atoms with E-state index in [-0.39, 0.29) is 107 Å². The SMILES string of the molecule is CC(C)[C@H](NC(=O)CCOCCOCCNC(=O)CCN1C(=O)C=CC1=O)C(=O)C[C@@H](CCCNC(N)=O)C(=O)Nc1ccc(COC(=O)NCCCc2ccc(-c3cnc(N)c(C(=O)Nc4cnccc4N4CCOCC4)n3)cc2)cc1. The molecule has 444 valence electrons. The number of anilines is 4. The molecule has 0 aliphatic carbocycles. The number of aromatic nitrogens is 3. The van der Waals surface area contributed by atoms with Gasteiger partial charge in [0.15, 0.2) is 17.3 Å². The predicted octanol–water partition coefficient (Wildman–Crippen LogP) is 3.03. The summed E-state index contributed by atoms with van der Waals surface area (Å²) in [6.45, 7) is 7.36. The average Bonchev–Trinajstić information content (AvgIpc) is 4.05. The number of nitrogen functional groups attached to an aromatic ring is 1. The van der Waals surface area contributed by atoms with Gasteiger partial charge >= 0.3 is 12.1 Å². The van der Waals surface area contributed by atoms with Gasteiger partial charge in [-0.2, -0.15) is 0 Å². The first-order chi connectivity index (χ1) is 40.0. The van der Waals surface area contributed by atoms with Crippen LogP contribution in [0.3, 0.4) is 0 Å². The van der Waals surface area contributed by atoms with Crippen molar-refractivity contribution in [2.45, 2.75) is 71.4 Å². The number of nitrogens with two attached hydrogens (primary N) is 2. The maximum atomic E-state index is 13.7. The van der Waals surface area contributed by atoms with Gasteiger partial charge in [-0.05, 0) is 60.9 Å². The Morgan fingerprint density at radius 2 is 1.46 bits per heavy atom. The quantitative estimate of drug-likeness (QED) is 0.0251. The number of nitrogens with zero attached hydrogens (tertiary/aromatic N) is 5. The maximum absolute atomic E-state index is 13.7. The highest BCUT2D eigenvalue weighted by molar-refractivity contribution is 6.13. The first kappa shape index (κ1) is 63.3. The maximum Gasteiger partial charge on any atom is 0.407 e. The Kier molecular flexibility index (Phi) is 25.3. The summed E-state index contributed by atoms with van der Waals surface area (Å²) < 4.78 is 21.9. The molecule has 0 saturated carbocycles. The van der Waals surface area contributed by atoms with E-state index in [1.807, 2.05) is 30.3 Å². The van der Waals surface area contributed by atoms with E-state index in [4.69, 9.17) is 30.4 Å². The average molecular weight is 1150 g/mol. The van der Waals surface area contributed by atoms with Crippen LogP contribution in [0, 0.1) is 11.8 Å². The lowest BCUT2D eigenvalue weighted by atomic mass is 9.89. The van der Waals surface area contributed by atoms with Crippen LogP contribution in [0.2, 0.25) is 0 Å². The van der Waals surface area contributed by atoms with Crippen molar-refractivity contribution in [2.24, 2.45) is 17.6 Å². The fourth-order valence-electron chi connectivity index (χ4n) is 8.73. The topological polar surface area (TPSA) is 360 Å². The molecule has 0 spiro atoms. The first-order valence-electron chi connectivity index (χ1n) is 27.5. The summed E-state index contributed by atoms with van der Waals surface area (Å²) in [6.07, 6.45) is 8.04. The molecule has 2 aromatic heterocycles. The number of rotatable bonds is 33. The number of imide groups is 1. The van der Waals surface area contributed by atoms with Crippen LogP contribution in [-0.2, 0) is 60.7 Å². The molecule has 10 N–H and O–H groups in total. The van der Waals surface area contributed by atoms with Crippen molar-refractivity contribution in [2.75, 3.05) is 100 Å². The van der Waals surface area contributed by atoms with Gasteiger partial charge in [0.2, 0.25) is 17.7 Å². The molecular formula is C57H73N13O13. The number of alkyl carbamates (subject to hydrolysis) is 1. The van der Waals surface area contributed by atoms with E-state index in [9.17, 15) is 43.2 Å². The van der Waals surface area contributed by atoms with E-state index in [1.165, 1.54) is 6.20 Å². The first-order valence-corrected chi connectivity index (χ1v) is 27.5. The highest BCUT2D eigenvalue weighted by Gasteiger charge is 2.30. The zero-order valence-corrected chi connectivity index (χ0v) is 46.7. The molecule has 2 aromatic carbocycles. The minimum atomic E-state index is -0.894. The largest absolute Gasteiger partial charge is 0.445 e. The van der Waals surface area contributed by atoms with E-state index in [2.05, 4.69) is 51.8 Å². The van der Waals surface area contributed by atoms with Gasteiger partial charge in [0.05, 0.1) is 75.1 Å². The second kappa shape index (κ2) is 33.1. The van der Waals surface area contributed by atoms with Gasteiger partial charge in [0.1, 0.15) is 6.61 Å². The van der Waals surface area contributed by atoms with E-state index in [0.29, 0.717) is 74.7 Å². The lowest BCUT2D eigenvalue weighted by Gasteiger charge is -2.30. The number of hydrogen-bond donors (Lipinski definition) is 8. The Morgan fingerprint density at radius 1 is 0.759 bits per heavy atom. The van der Waals surface area contributed by atoms with E-state index < -0.39 is 53.6 Å². The van der Waals surface area contributed by atoms with Crippen LogP contribution in [0.4, 0.5) is 32.5 Å². The van der Waals surface area contributed by atoms with Crippen LogP contribution in [0.25, 0.3) is 11.3 Å². The normalized spacial score (nSPS) is 13.7. The summed E-state index contributed by atoms with van der Waals surface area (Å²) in [5.41, 5.74) is 16.0. The zero-order chi connectivity index (χ0) is 59.5. The van der Waals surface area contributed by atoms with Crippen LogP contribution in [0.15, 0.2) is 85.3 Å². The summed E-state index contributed by atoms with van der Waals surface area (Å²) in [5.74, 6) is -4.11. The lowest BCUT2D eigenvalue weighted by molar-refractivity contribution is -0.137. The number of benzene rings is 2. The third-order valence-electron chi connectivity index (χ3n) is 13.2. The molecule has 0 radical (unpaired) electrons. The number of urea groups is 1. The molecule has 6 rings (SSSR count). The van der Waals surface area contributed by atoms with Crippen LogP contribution < -0.4 is 48.3 Å². The summed E-state index contributed by atoms with van der Waals surface area (Å²) in [7, 11) is 0. The number of amides is 9. The standard InChI is InChI=1S/C57H73N13O13/c1-37(2)51(68-48(73)19-27-80-31-32-81-28-23-61-47(72)18-24-70-49(74)15-16-50(70)75)46(71)33-41(6-4-20-62-56(59)78)54(76)65-42-13-9-39(10-14-42)36-83-57(79)63-21-3-5-38-7-11-40(12-8-38)43-35-64-53(58)52(66-43)55(77)67-44-34-60-22-17-45(44)69-25-29-82-30-26-69/h7-17,22,34-35,37,41,51H,3-6,18-21,23-33,36H2,1-2H3,(H2,58,64)(H,61,72)(H,63,79)(H,65,76)(H,67,77)(H,68,73)(H3,59,62,78)/t41-,51+/m1/s1. The lowest BCUT2D eigenvalue weighted by Crippen LogP contribution is -2.45. The number of morpholine rings is 1. The van der Waals surface area contributed by atoms with Gasteiger partial charge in [-0.1, -0.05) is 50.2 Å². The highest BCUT2D eigenvalue weighted by atomic mass is 16.5. The molecule has 26 heteroatoms. The summed E-state index contributed by atoms with van der Waals surface area (Å²) in [6, 6.07) is 14.5. The summed E-state index contributed by atoms with van der Waals surface area (Å²) >= 11 is 0. The number of carbonyl (C=O) groups is 9. The molecule has 0 unspecified atom stereocenters. The second-order valence-corrected chi connectivity index (χ2v) is 19.8. The molecule has 2 atom stereocenters. The van der Waals surface area contributed by atoms with E-state index in [1.54, 1.807) is 50.5 Å². The predicted molar refractivity (Wildman–Crippen MR) is 305 cm³/mol. The minimum Gasteiger partial charge on any atom is -0.445 e.